The van der Waals surface area contributed by atoms with Crippen LogP contribution in [0, 0.1) is 0 Å². The van der Waals surface area contributed by atoms with E-state index in [9.17, 15) is 4.79 Å². The lowest BCUT2D eigenvalue weighted by molar-refractivity contribution is 0.0252. The maximum absolute atomic E-state index is 11.0. The summed E-state index contributed by atoms with van der Waals surface area (Å²) in [5.74, 6) is 0. The van der Waals surface area contributed by atoms with Crippen molar-refractivity contribution in [3.05, 3.63) is 48.0 Å². The third kappa shape index (κ3) is 2.75. The lowest BCUT2D eigenvalue weighted by atomic mass is 10.1. The Balaban J connectivity index is 1.97. The van der Waals surface area contributed by atoms with E-state index in [0.29, 0.717) is 32.1 Å². The molecule has 0 unspecified atom stereocenters. The molecular formula is C18H19NO3. The SMILES string of the molecule is CCOCCOCn1c2ccccc2c2cc(C=O)ccc21. The molecule has 3 rings (SSSR count). The van der Waals surface area contributed by atoms with Crippen LogP contribution in [0.1, 0.15) is 17.3 Å². The molecule has 0 saturated heterocycles. The zero-order valence-electron chi connectivity index (χ0n) is 12.6. The Kier molecular flexibility index (Phi) is 4.51. The van der Waals surface area contributed by atoms with Crippen LogP contribution in [-0.2, 0) is 16.2 Å². The van der Waals surface area contributed by atoms with Crippen LogP contribution in [0.5, 0.6) is 0 Å². The molecule has 1 heterocycles. The van der Waals surface area contributed by atoms with Crippen molar-refractivity contribution in [2.75, 3.05) is 19.8 Å². The van der Waals surface area contributed by atoms with Gasteiger partial charge in [-0.3, -0.25) is 4.79 Å². The zero-order valence-corrected chi connectivity index (χ0v) is 12.6. The van der Waals surface area contributed by atoms with Crippen LogP contribution in [0.4, 0.5) is 0 Å². The molecule has 0 N–H and O–H groups in total. The molecule has 0 aliphatic rings. The Morgan fingerprint density at radius 2 is 1.77 bits per heavy atom. The first-order valence-electron chi connectivity index (χ1n) is 7.47. The zero-order chi connectivity index (χ0) is 15.4. The number of nitrogens with zero attached hydrogens (tertiary/aromatic N) is 1. The summed E-state index contributed by atoms with van der Waals surface area (Å²) in [6.45, 7) is 4.31. The van der Waals surface area contributed by atoms with Crippen molar-refractivity contribution < 1.29 is 14.3 Å². The van der Waals surface area contributed by atoms with Crippen molar-refractivity contribution in [1.29, 1.82) is 0 Å². The molecule has 0 radical (unpaired) electrons. The number of fused-ring (bicyclic) bond motifs is 3. The minimum atomic E-state index is 0.470. The van der Waals surface area contributed by atoms with Crippen molar-refractivity contribution >= 4 is 28.1 Å². The highest BCUT2D eigenvalue weighted by atomic mass is 16.5. The molecule has 0 atom stereocenters. The summed E-state index contributed by atoms with van der Waals surface area (Å²) in [5.41, 5.74) is 2.87. The van der Waals surface area contributed by atoms with Gasteiger partial charge in [-0.1, -0.05) is 18.2 Å². The van der Waals surface area contributed by atoms with Crippen LogP contribution in [0.15, 0.2) is 42.5 Å². The molecule has 114 valence electrons. The predicted molar refractivity (Wildman–Crippen MR) is 87.3 cm³/mol. The van der Waals surface area contributed by atoms with Crippen LogP contribution in [0.3, 0.4) is 0 Å². The maximum Gasteiger partial charge on any atom is 0.150 e. The lowest BCUT2D eigenvalue weighted by Crippen LogP contribution is -2.08. The molecule has 1 aromatic heterocycles. The van der Waals surface area contributed by atoms with E-state index in [1.54, 1.807) is 0 Å². The van der Waals surface area contributed by atoms with E-state index in [-0.39, 0.29) is 0 Å². The van der Waals surface area contributed by atoms with E-state index in [0.717, 1.165) is 28.1 Å². The number of carbonyl (C=O) groups excluding carboxylic acids is 1. The molecule has 0 bridgehead atoms. The molecule has 0 fully saturated rings. The van der Waals surface area contributed by atoms with Crippen molar-refractivity contribution in [1.82, 2.24) is 4.57 Å². The molecule has 0 aliphatic heterocycles. The van der Waals surface area contributed by atoms with E-state index in [4.69, 9.17) is 9.47 Å². The van der Waals surface area contributed by atoms with Gasteiger partial charge in [0.25, 0.3) is 0 Å². The quantitative estimate of drug-likeness (QED) is 0.494. The van der Waals surface area contributed by atoms with Gasteiger partial charge in [0.1, 0.15) is 13.0 Å². The third-order valence-electron chi connectivity index (χ3n) is 3.73. The monoisotopic (exact) mass is 297 g/mol. The number of ether oxygens (including phenoxy) is 2. The van der Waals surface area contributed by atoms with Gasteiger partial charge in [-0.2, -0.15) is 0 Å². The van der Waals surface area contributed by atoms with E-state index in [1.807, 2.05) is 37.3 Å². The molecule has 4 heteroatoms. The first-order valence-corrected chi connectivity index (χ1v) is 7.47. The molecule has 0 aliphatic carbocycles. The van der Waals surface area contributed by atoms with Gasteiger partial charge in [0, 0.05) is 22.9 Å². The van der Waals surface area contributed by atoms with Gasteiger partial charge >= 0.3 is 0 Å². The first-order chi connectivity index (χ1) is 10.8. The summed E-state index contributed by atoms with van der Waals surface area (Å²) in [7, 11) is 0. The van der Waals surface area contributed by atoms with Gasteiger partial charge < -0.3 is 14.0 Å². The number of carbonyl (C=O) groups is 1. The van der Waals surface area contributed by atoms with Crippen molar-refractivity contribution in [3.63, 3.8) is 0 Å². The summed E-state index contributed by atoms with van der Waals surface area (Å²) in [5, 5.41) is 2.21. The molecular weight excluding hydrogens is 278 g/mol. The summed E-state index contributed by atoms with van der Waals surface area (Å²) >= 11 is 0. The Bertz CT molecular complexity index is 791. The molecule has 2 aromatic carbocycles. The van der Waals surface area contributed by atoms with Gasteiger partial charge in [0.05, 0.1) is 24.2 Å². The highest BCUT2D eigenvalue weighted by Crippen LogP contribution is 2.29. The summed E-state index contributed by atoms with van der Waals surface area (Å²) in [6, 6.07) is 13.9. The molecule has 0 amide bonds. The second-order valence-electron chi connectivity index (χ2n) is 5.07. The molecule has 0 spiro atoms. The van der Waals surface area contributed by atoms with E-state index in [2.05, 4.69) is 16.7 Å². The van der Waals surface area contributed by atoms with Crippen molar-refractivity contribution in [2.45, 2.75) is 13.7 Å². The van der Waals surface area contributed by atoms with Crippen LogP contribution in [0.25, 0.3) is 21.8 Å². The average Bonchev–Trinajstić information content (AvgIpc) is 2.88. The number of hydrogen-bond acceptors (Lipinski definition) is 3. The minimum Gasteiger partial charge on any atom is -0.379 e. The Labute approximate surface area is 129 Å². The highest BCUT2D eigenvalue weighted by Gasteiger charge is 2.10. The van der Waals surface area contributed by atoms with Crippen molar-refractivity contribution in [2.24, 2.45) is 0 Å². The lowest BCUT2D eigenvalue weighted by Gasteiger charge is -2.09. The number of aldehydes is 1. The normalized spacial score (nSPS) is 11.3. The van der Waals surface area contributed by atoms with E-state index < -0.39 is 0 Å². The van der Waals surface area contributed by atoms with E-state index >= 15 is 0 Å². The van der Waals surface area contributed by atoms with Gasteiger partial charge in [0.15, 0.2) is 0 Å². The number of hydrogen-bond donors (Lipinski definition) is 0. The Hall–Kier alpha value is -2.17. The van der Waals surface area contributed by atoms with Gasteiger partial charge in [-0.25, -0.2) is 0 Å². The Morgan fingerprint density at radius 1 is 1.00 bits per heavy atom. The smallest absolute Gasteiger partial charge is 0.150 e. The summed E-state index contributed by atoms with van der Waals surface area (Å²) < 4.78 is 13.1. The average molecular weight is 297 g/mol. The minimum absolute atomic E-state index is 0.470. The molecule has 4 nitrogen and oxygen atoms in total. The number of aromatic nitrogens is 1. The largest absolute Gasteiger partial charge is 0.379 e. The maximum atomic E-state index is 11.0. The van der Waals surface area contributed by atoms with Gasteiger partial charge in [0.2, 0.25) is 0 Å². The standard InChI is InChI=1S/C18H19NO3/c1-2-21-9-10-22-13-19-17-6-4-3-5-15(17)16-11-14(12-20)7-8-18(16)19/h3-8,11-12H,2,9-10,13H2,1H3. The Morgan fingerprint density at radius 3 is 2.59 bits per heavy atom. The van der Waals surface area contributed by atoms with Crippen molar-refractivity contribution in [3.8, 4) is 0 Å². The van der Waals surface area contributed by atoms with Crippen LogP contribution < -0.4 is 0 Å². The van der Waals surface area contributed by atoms with Crippen LogP contribution in [-0.4, -0.2) is 30.7 Å². The summed E-state index contributed by atoms with van der Waals surface area (Å²) in [6.07, 6.45) is 0.879. The van der Waals surface area contributed by atoms with Crippen LogP contribution >= 0.6 is 0 Å². The second-order valence-corrected chi connectivity index (χ2v) is 5.07. The van der Waals surface area contributed by atoms with Crippen LogP contribution in [0.2, 0.25) is 0 Å². The number of rotatable bonds is 7. The summed E-state index contributed by atoms with van der Waals surface area (Å²) in [4.78, 5) is 11.0. The van der Waals surface area contributed by atoms with Gasteiger partial charge in [-0.05, 0) is 31.2 Å². The molecule has 3 aromatic rings. The third-order valence-corrected chi connectivity index (χ3v) is 3.73. The fraction of sp³-hybridized carbons (Fsp3) is 0.278. The highest BCUT2D eigenvalue weighted by molar-refractivity contribution is 6.09. The predicted octanol–water partition coefficient (Wildman–Crippen LogP) is 3.62. The number of benzene rings is 2. The van der Waals surface area contributed by atoms with E-state index in [1.165, 1.54) is 0 Å². The molecule has 22 heavy (non-hydrogen) atoms. The number of para-hydroxylation sites is 1. The molecule has 0 saturated carbocycles. The fourth-order valence-electron chi connectivity index (χ4n) is 2.70. The fourth-order valence-corrected chi connectivity index (χ4v) is 2.70. The van der Waals surface area contributed by atoms with Gasteiger partial charge in [-0.15, -0.1) is 0 Å². The topological polar surface area (TPSA) is 40.5 Å². The first kappa shape index (κ1) is 14.8. The second kappa shape index (κ2) is 6.73.